The SMILES string of the molecule is NC(Cc1ccc2ccccc2n1)C1CCCCCCC1. The summed E-state index contributed by atoms with van der Waals surface area (Å²) >= 11 is 0. The van der Waals surface area contributed by atoms with Crippen molar-refractivity contribution < 1.29 is 0 Å². The molecule has 2 aromatic rings. The van der Waals surface area contributed by atoms with Gasteiger partial charge >= 0.3 is 0 Å². The molecule has 1 atom stereocenters. The molecule has 0 amide bonds. The predicted octanol–water partition coefficient (Wildman–Crippen LogP) is 4.47. The van der Waals surface area contributed by atoms with Gasteiger partial charge in [-0.2, -0.15) is 0 Å². The molecule has 1 aliphatic carbocycles. The highest BCUT2D eigenvalue weighted by Crippen LogP contribution is 2.25. The Hall–Kier alpha value is -1.41. The summed E-state index contributed by atoms with van der Waals surface area (Å²) in [6, 6.07) is 12.9. The fourth-order valence-corrected chi connectivity index (χ4v) is 3.55. The highest BCUT2D eigenvalue weighted by Gasteiger charge is 2.19. The number of rotatable bonds is 3. The van der Waals surface area contributed by atoms with Crippen LogP contribution in [0.4, 0.5) is 0 Å². The zero-order valence-corrected chi connectivity index (χ0v) is 12.8. The number of benzene rings is 1. The first-order valence-electron chi connectivity index (χ1n) is 8.43. The fraction of sp³-hybridized carbons (Fsp3) is 0.526. The van der Waals surface area contributed by atoms with Crippen LogP contribution >= 0.6 is 0 Å². The Labute approximate surface area is 127 Å². The molecule has 2 nitrogen and oxygen atoms in total. The maximum absolute atomic E-state index is 6.50. The number of aromatic nitrogens is 1. The van der Waals surface area contributed by atoms with Crippen LogP contribution in [0.15, 0.2) is 36.4 Å². The van der Waals surface area contributed by atoms with Crippen LogP contribution in [0, 0.1) is 5.92 Å². The largest absolute Gasteiger partial charge is 0.327 e. The summed E-state index contributed by atoms with van der Waals surface area (Å²) in [6.45, 7) is 0. The van der Waals surface area contributed by atoms with Crippen molar-refractivity contribution in [1.82, 2.24) is 4.98 Å². The molecule has 112 valence electrons. The third-order valence-corrected chi connectivity index (χ3v) is 4.86. The van der Waals surface area contributed by atoms with Gasteiger partial charge < -0.3 is 5.73 Å². The lowest BCUT2D eigenvalue weighted by Gasteiger charge is -2.25. The Bertz CT molecular complexity index is 571. The van der Waals surface area contributed by atoms with Gasteiger partial charge in [-0.15, -0.1) is 0 Å². The molecule has 0 spiro atoms. The number of pyridine rings is 1. The summed E-state index contributed by atoms with van der Waals surface area (Å²) in [5.41, 5.74) is 8.73. The lowest BCUT2D eigenvalue weighted by atomic mass is 9.84. The number of para-hydroxylation sites is 1. The predicted molar refractivity (Wildman–Crippen MR) is 89.2 cm³/mol. The number of nitrogens with zero attached hydrogens (tertiary/aromatic N) is 1. The van der Waals surface area contributed by atoms with Crippen molar-refractivity contribution >= 4 is 10.9 Å². The van der Waals surface area contributed by atoms with Gasteiger partial charge in [-0.3, -0.25) is 4.98 Å². The minimum absolute atomic E-state index is 0.261. The maximum Gasteiger partial charge on any atom is 0.0705 e. The molecule has 1 aromatic heterocycles. The number of hydrogen-bond donors (Lipinski definition) is 1. The quantitative estimate of drug-likeness (QED) is 0.902. The first kappa shape index (κ1) is 14.5. The van der Waals surface area contributed by atoms with Crippen molar-refractivity contribution in [3.63, 3.8) is 0 Å². The molecule has 3 rings (SSSR count). The number of hydrogen-bond acceptors (Lipinski definition) is 2. The van der Waals surface area contributed by atoms with E-state index in [-0.39, 0.29) is 6.04 Å². The van der Waals surface area contributed by atoms with Gasteiger partial charge in [-0.25, -0.2) is 0 Å². The van der Waals surface area contributed by atoms with Crippen molar-refractivity contribution in [1.29, 1.82) is 0 Å². The molecule has 1 aromatic carbocycles. The fourth-order valence-electron chi connectivity index (χ4n) is 3.55. The van der Waals surface area contributed by atoms with Crippen LogP contribution < -0.4 is 5.73 Å². The monoisotopic (exact) mass is 282 g/mol. The van der Waals surface area contributed by atoms with E-state index < -0.39 is 0 Å². The summed E-state index contributed by atoms with van der Waals surface area (Å²) in [6.07, 6.45) is 10.4. The van der Waals surface area contributed by atoms with E-state index in [1.807, 2.05) is 6.07 Å². The molecule has 0 radical (unpaired) electrons. The highest BCUT2D eigenvalue weighted by atomic mass is 14.7. The van der Waals surface area contributed by atoms with E-state index in [4.69, 9.17) is 10.7 Å². The van der Waals surface area contributed by atoms with Crippen LogP contribution in [-0.4, -0.2) is 11.0 Å². The Balaban J connectivity index is 1.68. The minimum Gasteiger partial charge on any atom is -0.327 e. The number of fused-ring (bicyclic) bond motifs is 1. The van der Waals surface area contributed by atoms with Gasteiger partial charge in [0.2, 0.25) is 0 Å². The molecule has 1 saturated carbocycles. The van der Waals surface area contributed by atoms with E-state index in [1.165, 1.54) is 50.3 Å². The van der Waals surface area contributed by atoms with Crippen LogP contribution in [0.2, 0.25) is 0 Å². The van der Waals surface area contributed by atoms with Gasteiger partial charge in [-0.1, -0.05) is 56.4 Å². The van der Waals surface area contributed by atoms with Gasteiger partial charge in [0.15, 0.2) is 0 Å². The minimum atomic E-state index is 0.261. The van der Waals surface area contributed by atoms with Gasteiger partial charge in [0.05, 0.1) is 5.52 Å². The molecule has 21 heavy (non-hydrogen) atoms. The lowest BCUT2D eigenvalue weighted by Crippen LogP contribution is -2.33. The standard InChI is InChI=1S/C19H26N2/c20-18(15-8-4-2-1-3-5-9-15)14-17-13-12-16-10-6-7-11-19(16)21-17/h6-7,10-13,15,18H,1-5,8-9,14,20H2. The second kappa shape index (κ2) is 7.04. The second-order valence-electron chi connectivity index (χ2n) is 6.47. The van der Waals surface area contributed by atoms with E-state index in [9.17, 15) is 0 Å². The highest BCUT2D eigenvalue weighted by molar-refractivity contribution is 5.78. The Morgan fingerprint density at radius 3 is 2.48 bits per heavy atom. The molecule has 2 N–H and O–H groups in total. The molecule has 1 aliphatic rings. The van der Waals surface area contributed by atoms with E-state index >= 15 is 0 Å². The average Bonchev–Trinajstić information content (AvgIpc) is 2.46. The summed E-state index contributed by atoms with van der Waals surface area (Å²) in [5, 5.41) is 1.21. The van der Waals surface area contributed by atoms with Gasteiger partial charge in [-0.05, 0) is 30.9 Å². The molecule has 1 unspecified atom stereocenters. The van der Waals surface area contributed by atoms with Gasteiger partial charge in [0.25, 0.3) is 0 Å². The molecular formula is C19H26N2. The van der Waals surface area contributed by atoms with Gasteiger partial charge in [0.1, 0.15) is 0 Å². The Morgan fingerprint density at radius 2 is 1.67 bits per heavy atom. The van der Waals surface area contributed by atoms with E-state index in [2.05, 4.69) is 30.3 Å². The molecule has 0 aliphatic heterocycles. The lowest BCUT2D eigenvalue weighted by molar-refractivity contribution is 0.321. The zero-order chi connectivity index (χ0) is 14.5. The van der Waals surface area contributed by atoms with Crippen molar-refractivity contribution in [3.8, 4) is 0 Å². The maximum atomic E-state index is 6.50. The van der Waals surface area contributed by atoms with Crippen LogP contribution in [-0.2, 0) is 6.42 Å². The normalized spacial score (nSPS) is 19.1. The topological polar surface area (TPSA) is 38.9 Å². The van der Waals surface area contributed by atoms with E-state index in [0.29, 0.717) is 5.92 Å². The molecule has 2 heteroatoms. The van der Waals surface area contributed by atoms with Crippen LogP contribution in [0.25, 0.3) is 10.9 Å². The molecule has 1 fully saturated rings. The summed E-state index contributed by atoms with van der Waals surface area (Å²) in [7, 11) is 0. The van der Waals surface area contributed by atoms with E-state index in [1.54, 1.807) is 0 Å². The van der Waals surface area contributed by atoms with E-state index in [0.717, 1.165) is 17.6 Å². The summed E-state index contributed by atoms with van der Waals surface area (Å²) in [5.74, 6) is 0.679. The number of nitrogens with two attached hydrogens (primary N) is 1. The van der Waals surface area contributed by atoms with Crippen LogP contribution in [0.5, 0.6) is 0 Å². The molecule has 1 heterocycles. The van der Waals surface area contributed by atoms with Crippen LogP contribution in [0.3, 0.4) is 0 Å². The second-order valence-corrected chi connectivity index (χ2v) is 6.47. The Morgan fingerprint density at radius 1 is 0.952 bits per heavy atom. The Kier molecular flexibility index (Phi) is 4.87. The molecular weight excluding hydrogens is 256 g/mol. The summed E-state index contributed by atoms with van der Waals surface area (Å²) in [4.78, 5) is 4.77. The first-order valence-corrected chi connectivity index (χ1v) is 8.43. The third-order valence-electron chi connectivity index (χ3n) is 4.86. The molecule has 0 bridgehead atoms. The molecule has 0 saturated heterocycles. The zero-order valence-electron chi connectivity index (χ0n) is 12.8. The smallest absolute Gasteiger partial charge is 0.0705 e. The van der Waals surface area contributed by atoms with Gasteiger partial charge in [0, 0.05) is 23.5 Å². The summed E-state index contributed by atoms with van der Waals surface area (Å²) < 4.78 is 0. The third kappa shape index (κ3) is 3.82. The van der Waals surface area contributed by atoms with Crippen molar-refractivity contribution in [2.75, 3.05) is 0 Å². The van der Waals surface area contributed by atoms with Crippen molar-refractivity contribution in [2.45, 2.75) is 57.4 Å². The van der Waals surface area contributed by atoms with Crippen molar-refractivity contribution in [2.24, 2.45) is 11.7 Å². The van der Waals surface area contributed by atoms with Crippen molar-refractivity contribution in [3.05, 3.63) is 42.1 Å². The first-order chi connectivity index (χ1) is 10.3. The van der Waals surface area contributed by atoms with Crippen LogP contribution in [0.1, 0.15) is 50.6 Å². The average molecular weight is 282 g/mol.